The summed E-state index contributed by atoms with van der Waals surface area (Å²) >= 11 is 0. The van der Waals surface area contributed by atoms with Crippen molar-refractivity contribution in [2.45, 2.75) is 33.6 Å². The number of fused-ring (bicyclic) bond motifs is 3. The van der Waals surface area contributed by atoms with Gasteiger partial charge in [-0.2, -0.15) is 10.5 Å². The fourth-order valence-corrected chi connectivity index (χ4v) is 5.22. The molecule has 0 radical (unpaired) electrons. The first kappa shape index (κ1) is 18.8. The molecule has 3 unspecified atom stereocenters. The molecule has 3 aliphatic carbocycles. The van der Waals surface area contributed by atoms with E-state index in [0.717, 1.165) is 0 Å². The summed E-state index contributed by atoms with van der Waals surface area (Å²) in [4.78, 5) is 38.0. The van der Waals surface area contributed by atoms with Crippen LogP contribution in [0, 0.1) is 44.8 Å². The number of esters is 1. The number of nitriles is 2. The molecule has 0 saturated heterocycles. The number of ketones is 2. The number of hydrogen-bond donors (Lipinski definition) is 0. The van der Waals surface area contributed by atoms with E-state index < -0.39 is 28.0 Å². The zero-order chi connectivity index (χ0) is 20.2. The van der Waals surface area contributed by atoms with Crippen molar-refractivity contribution in [3.05, 3.63) is 34.9 Å². The molecule has 3 atom stereocenters. The smallest absolute Gasteiger partial charge is 0.319 e. The summed E-state index contributed by atoms with van der Waals surface area (Å²) in [6.45, 7) is 5.45. The number of ether oxygens (including phenoxy) is 1. The van der Waals surface area contributed by atoms with Gasteiger partial charge in [-0.3, -0.25) is 14.4 Å². The van der Waals surface area contributed by atoms with E-state index in [2.05, 4.69) is 0 Å². The molecule has 0 heterocycles. The summed E-state index contributed by atoms with van der Waals surface area (Å²) in [5.74, 6) is -1.44. The Labute approximate surface area is 157 Å². The molecule has 0 amide bonds. The quantitative estimate of drug-likeness (QED) is 0.662. The molecule has 3 aliphatic rings. The largest absolute Gasteiger partial charge is 0.468 e. The van der Waals surface area contributed by atoms with Crippen LogP contribution >= 0.6 is 0 Å². The maximum Gasteiger partial charge on any atom is 0.319 e. The second-order valence-electron chi connectivity index (χ2n) is 8.15. The SMILES string of the molecule is COC(=O)C12C=C(C#N)C(=O)C=C1C1(C)C=C(C#N)C(=O)C(C)(C)C1CC2. The number of carbonyl (C=O) groups is 3. The first-order valence-corrected chi connectivity index (χ1v) is 8.74. The summed E-state index contributed by atoms with van der Waals surface area (Å²) < 4.78 is 5.03. The Kier molecular flexibility index (Phi) is 4.01. The molecular weight excluding hydrogens is 344 g/mol. The zero-order valence-electron chi connectivity index (χ0n) is 15.8. The predicted octanol–water partition coefficient (Wildman–Crippen LogP) is 2.58. The normalized spacial score (nSPS) is 34.0. The van der Waals surface area contributed by atoms with Crippen LogP contribution in [0.3, 0.4) is 0 Å². The molecule has 0 spiro atoms. The van der Waals surface area contributed by atoms with Crippen molar-refractivity contribution in [2.75, 3.05) is 7.11 Å². The van der Waals surface area contributed by atoms with E-state index in [0.29, 0.717) is 18.4 Å². The van der Waals surface area contributed by atoms with Gasteiger partial charge in [0.05, 0.1) is 18.3 Å². The van der Waals surface area contributed by atoms with Crippen molar-refractivity contribution in [3.8, 4) is 12.1 Å². The first-order valence-electron chi connectivity index (χ1n) is 8.74. The molecule has 0 aromatic carbocycles. The van der Waals surface area contributed by atoms with Gasteiger partial charge < -0.3 is 4.74 Å². The van der Waals surface area contributed by atoms with Crippen molar-refractivity contribution in [1.29, 1.82) is 10.5 Å². The van der Waals surface area contributed by atoms with E-state index >= 15 is 0 Å². The molecular formula is C21H20N2O4. The third-order valence-electron chi connectivity index (χ3n) is 6.48. The Balaban J connectivity index is 2.33. The van der Waals surface area contributed by atoms with E-state index in [1.165, 1.54) is 19.3 Å². The summed E-state index contributed by atoms with van der Waals surface area (Å²) in [7, 11) is 1.27. The Morgan fingerprint density at radius 3 is 2.33 bits per heavy atom. The number of allylic oxidation sites excluding steroid dienone is 4. The number of rotatable bonds is 1. The lowest BCUT2D eigenvalue weighted by atomic mass is 9.45. The molecule has 0 aliphatic heterocycles. The van der Waals surface area contributed by atoms with Gasteiger partial charge in [-0.05, 0) is 36.5 Å². The zero-order valence-corrected chi connectivity index (χ0v) is 15.8. The maximum absolute atomic E-state index is 12.8. The molecule has 6 heteroatoms. The van der Waals surface area contributed by atoms with Crippen LogP contribution in [0.25, 0.3) is 0 Å². The molecule has 0 aromatic heterocycles. The predicted molar refractivity (Wildman–Crippen MR) is 94.6 cm³/mol. The van der Waals surface area contributed by atoms with Gasteiger partial charge in [-0.25, -0.2) is 0 Å². The number of Topliss-reactive ketones (excluding diaryl/α,β-unsaturated/α-hetero) is 1. The van der Waals surface area contributed by atoms with Gasteiger partial charge in [0.2, 0.25) is 0 Å². The molecule has 138 valence electrons. The summed E-state index contributed by atoms with van der Waals surface area (Å²) in [6.07, 6.45) is 5.17. The summed E-state index contributed by atoms with van der Waals surface area (Å²) in [5, 5.41) is 18.8. The molecule has 1 fully saturated rings. The molecule has 0 bridgehead atoms. The van der Waals surface area contributed by atoms with Crippen molar-refractivity contribution in [2.24, 2.45) is 22.2 Å². The van der Waals surface area contributed by atoms with Gasteiger partial charge in [0.25, 0.3) is 0 Å². The number of carbonyl (C=O) groups excluding carboxylic acids is 3. The number of hydrogen-bond acceptors (Lipinski definition) is 6. The minimum Gasteiger partial charge on any atom is -0.468 e. The van der Waals surface area contributed by atoms with E-state index in [-0.39, 0.29) is 22.8 Å². The Morgan fingerprint density at radius 2 is 1.78 bits per heavy atom. The molecule has 27 heavy (non-hydrogen) atoms. The third kappa shape index (κ3) is 2.26. The van der Waals surface area contributed by atoms with Crippen LogP contribution in [0.2, 0.25) is 0 Å². The lowest BCUT2D eigenvalue weighted by Gasteiger charge is -2.56. The highest BCUT2D eigenvalue weighted by Crippen LogP contribution is 2.63. The van der Waals surface area contributed by atoms with Crippen molar-refractivity contribution < 1.29 is 19.1 Å². The monoisotopic (exact) mass is 364 g/mol. The molecule has 3 rings (SSSR count). The standard InChI is InChI=1S/C21H20N2O4/c1-19(2)15-5-6-21(18(26)27-4)9-12(10-22)14(24)7-16(21)20(15,3)8-13(11-23)17(19)25/h7-9,15H,5-6H2,1-4H3. The van der Waals surface area contributed by atoms with E-state index in [4.69, 9.17) is 4.74 Å². The average Bonchev–Trinajstić information content (AvgIpc) is 2.64. The fourth-order valence-electron chi connectivity index (χ4n) is 5.22. The lowest BCUT2D eigenvalue weighted by molar-refractivity contribution is -0.151. The Hall–Kier alpha value is -2.99. The molecule has 1 saturated carbocycles. The van der Waals surface area contributed by atoms with Gasteiger partial charge in [0, 0.05) is 10.8 Å². The van der Waals surface area contributed by atoms with Gasteiger partial charge in [-0.1, -0.05) is 26.8 Å². The van der Waals surface area contributed by atoms with Crippen LogP contribution in [-0.4, -0.2) is 24.6 Å². The molecule has 6 nitrogen and oxygen atoms in total. The van der Waals surface area contributed by atoms with Crippen LogP contribution in [0.4, 0.5) is 0 Å². The highest BCUT2D eigenvalue weighted by atomic mass is 16.5. The van der Waals surface area contributed by atoms with Crippen molar-refractivity contribution in [3.63, 3.8) is 0 Å². The Morgan fingerprint density at radius 1 is 1.15 bits per heavy atom. The summed E-state index contributed by atoms with van der Waals surface area (Å²) in [6, 6.07) is 3.82. The first-order chi connectivity index (χ1) is 12.6. The topological polar surface area (TPSA) is 108 Å². The maximum atomic E-state index is 12.8. The van der Waals surface area contributed by atoms with Gasteiger partial charge in [-0.15, -0.1) is 0 Å². The molecule has 0 N–H and O–H groups in total. The summed E-state index contributed by atoms with van der Waals surface area (Å²) in [5.41, 5.74) is -2.49. The van der Waals surface area contributed by atoms with Gasteiger partial charge in [0.1, 0.15) is 17.6 Å². The van der Waals surface area contributed by atoms with Crippen LogP contribution < -0.4 is 0 Å². The molecule has 0 aromatic rings. The Bertz CT molecular complexity index is 954. The highest BCUT2D eigenvalue weighted by molar-refractivity contribution is 6.11. The van der Waals surface area contributed by atoms with E-state index in [9.17, 15) is 24.9 Å². The third-order valence-corrected chi connectivity index (χ3v) is 6.48. The van der Waals surface area contributed by atoms with E-state index in [1.54, 1.807) is 19.9 Å². The van der Waals surface area contributed by atoms with Crippen LogP contribution in [0.5, 0.6) is 0 Å². The second kappa shape index (κ2) is 5.76. The van der Waals surface area contributed by atoms with Crippen molar-refractivity contribution in [1.82, 2.24) is 0 Å². The van der Waals surface area contributed by atoms with Crippen LogP contribution in [0.15, 0.2) is 34.9 Å². The van der Waals surface area contributed by atoms with E-state index in [1.807, 2.05) is 19.1 Å². The number of nitrogens with zero attached hydrogens (tertiary/aromatic N) is 2. The fraction of sp³-hybridized carbons (Fsp3) is 0.476. The average molecular weight is 364 g/mol. The highest BCUT2D eigenvalue weighted by Gasteiger charge is 2.62. The lowest BCUT2D eigenvalue weighted by Crippen LogP contribution is -2.55. The van der Waals surface area contributed by atoms with Crippen LogP contribution in [-0.2, 0) is 19.1 Å². The van der Waals surface area contributed by atoms with Crippen molar-refractivity contribution >= 4 is 17.5 Å². The number of methoxy groups -OCH3 is 1. The minimum absolute atomic E-state index is 0.0304. The second-order valence-corrected chi connectivity index (χ2v) is 8.15. The van der Waals surface area contributed by atoms with Crippen LogP contribution in [0.1, 0.15) is 33.6 Å². The minimum atomic E-state index is -1.24. The van der Waals surface area contributed by atoms with Gasteiger partial charge in [0.15, 0.2) is 11.6 Å². The van der Waals surface area contributed by atoms with Gasteiger partial charge >= 0.3 is 5.97 Å².